The molecule has 0 saturated carbocycles. The number of alkyl carbamates (subject to hydrolysis) is 1. The summed E-state index contributed by atoms with van der Waals surface area (Å²) in [6.07, 6.45) is 2.54. The summed E-state index contributed by atoms with van der Waals surface area (Å²) in [7, 11) is 0. The minimum Gasteiger partial charge on any atom is -0.480 e. The molecule has 0 radical (unpaired) electrons. The quantitative estimate of drug-likeness (QED) is 0.521. The predicted molar refractivity (Wildman–Crippen MR) is 130 cm³/mol. The molecule has 0 bridgehead atoms. The third-order valence-corrected chi connectivity index (χ3v) is 7.28. The van der Waals surface area contributed by atoms with Gasteiger partial charge in [0.25, 0.3) is 5.91 Å². The van der Waals surface area contributed by atoms with E-state index in [9.17, 15) is 19.5 Å². The molecule has 1 fully saturated rings. The average Bonchev–Trinajstić information content (AvgIpc) is 3.60. The van der Waals surface area contributed by atoms with Crippen LogP contribution in [0.5, 0.6) is 0 Å². The first-order valence-electron chi connectivity index (χ1n) is 11.2. The zero-order valence-corrected chi connectivity index (χ0v) is 19.6. The number of imidazole rings is 1. The molecule has 1 atom stereocenters. The van der Waals surface area contributed by atoms with Crippen LogP contribution in [0, 0.1) is 0 Å². The number of benzene rings is 2. The number of rotatable bonds is 7. The summed E-state index contributed by atoms with van der Waals surface area (Å²) in [5, 5.41) is 12.0. The summed E-state index contributed by atoms with van der Waals surface area (Å²) >= 11 is 1.40. The first-order chi connectivity index (χ1) is 17.0. The number of aromatic nitrogens is 2. The van der Waals surface area contributed by atoms with Crippen molar-refractivity contribution in [2.24, 2.45) is 0 Å². The van der Waals surface area contributed by atoms with Gasteiger partial charge in [-0.2, -0.15) is 0 Å². The van der Waals surface area contributed by atoms with E-state index in [2.05, 4.69) is 34.6 Å². The SMILES string of the molecule is O=C(NCCn1cnc(C(=O)N2CSC[C@H]2C(=O)O)c1)OCC1c2ccccc2-c2ccccc21. The normalized spacial score (nSPS) is 16.6. The van der Waals surface area contributed by atoms with Gasteiger partial charge in [-0.15, -0.1) is 11.8 Å². The van der Waals surface area contributed by atoms with E-state index in [0.29, 0.717) is 18.2 Å². The highest BCUT2D eigenvalue weighted by molar-refractivity contribution is 7.99. The van der Waals surface area contributed by atoms with E-state index in [1.165, 1.54) is 34.1 Å². The van der Waals surface area contributed by atoms with Crippen molar-refractivity contribution >= 4 is 29.7 Å². The summed E-state index contributed by atoms with van der Waals surface area (Å²) in [4.78, 5) is 41.7. The monoisotopic (exact) mass is 492 g/mol. The Balaban J connectivity index is 1.12. The standard InChI is InChI=1S/C25H24N4O5S/c30-23(29-15-35-13-22(29)24(31)32)21-11-28(14-27-21)10-9-26-25(33)34-12-20-18-7-3-1-5-16(18)17-6-2-4-8-19(17)20/h1-8,11,14,20,22H,9-10,12-13,15H2,(H,26,33)(H,31,32)/t22-/m0/s1. The molecule has 3 aromatic rings. The van der Waals surface area contributed by atoms with Crippen LogP contribution in [-0.4, -0.2) is 68.4 Å². The highest BCUT2D eigenvalue weighted by Gasteiger charge is 2.35. The highest BCUT2D eigenvalue weighted by atomic mass is 32.2. The molecule has 9 nitrogen and oxygen atoms in total. The number of hydrogen-bond donors (Lipinski definition) is 2. The summed E-state index contributed by atoms with van der Waals surface area (Å²) in [6.45, 7) is 0.918. The summed E-state index contributed by atoms with van der Waals surface area (Å²) in [5.41, 5.74) is 4.83. The van der Waals surface area contributed by atoms with Gasteiger partial charge < -0.3 is 24.6 Å². The number of carboxylic acid groups (broad SMARTS) is 1. The van der Waals surface area contributed by atoms with Gasteiger partial charge in [-0.3, -0.25) is 4.79 Å². The molecule has 2 aromatic carbocycles. The number of thioether (sulfide) groups is 1. The zero-order valence-electron chi connectivity index (χ0n) is 18.8. The average molecular weight is 493 g/mol. The Labute approximate surface area is 206 Å². The number of nitrogens with one attached hydrogen (secondary N) is 1. The molecule has 2 heterocycles. The van der Waals surface area contributed by atoms with Crippen LogP contribution in [0.15, 0.2) is 61.1 Å². The molecule has 5 rings (SSSR count). The van der Waals surface area contributed by atoms with Crippen LogP contribution in [0.4, 0.5) is 4.79 Å². The Kier molecular flexibility index (Phi) is 6.45. The molecule has 1 aromatic heterocycles. The number of amides is 2. The predicted octanol–water partition coefficient (Wildman–Crippen LogP) is 3.02. The van der Waals surface area contributed by atoms with Crippen molar-refractivity contribution in [3.05, 3.63) is 77.9 Å². The lowest BCUT2D eigenvalue weighted by molar-refractivity contribution is -0.140. The van der Waals surface area contributed by atoms with Crippen LogP contribution in [-0.2, 0) is 16.1 Å². The lowest BCUT2D eigenvalue weighted by Gasteiger charge is -2.19. The minimum atomic E-state index is -1.02. The summed E-state index contributed by atoms with van der Waals surface area (Å²) < 4.78 is 7.21. The van der Waals surface area contributed by atoms with Crippen molar-refractivity contribution < 1.29 is 24.2 Å². The Morgan fingerprint density at radius 3 is 2.46 bits per heavy atom. The van der Waals surface area contributed by atoms with Gasteiger partial charge in [0.05, 0.1) is 12.2 Å². The molecule has 2 amide bonds. The second-order valence-corrected chi connectivity index (χ2v) is 9.38. The number of fused-ring (bicyclic) bond motifs is 3. The number of carbonyl (C=O) groups excluding carboxylic acids is 2. The van der Waals surface area contributed by atoms with Gasteiger partial charge in [-0.25, -0.2) is 14.6 Å². The van der Waals surface area contributed by atoms with Crippen molar-refractivity contribution in [2.75, 3.05) is 24.8 Å². The fraction of sp³-hybridized carbons (Fsp3) is 0.280. The van der Waals surface area contributed by atoms with E-state index in [1.807, 2.05) is 24.3 Å². The molecule has 0 unspecified atom stereocenters. The number of aliphatic carboxylic acids is 1. The lowest BCUT2D eigenvalue weighted by atomic mass is 9.98. The molecule has 1 aliphatic carbocycles. The van der Waals surface area contributed by atoms with Crippen LogP contribution in [0.2, 0.25) is 0 Å². The van der Waals surface area contributed by atoms with Gasteiger partial charge in [0.1, 0.15) is 18.3 Å². The van der Waals surface area contributed by atoms with Crippen molar-refractivity contribution in [2.45, 2.75) is 18.5 Å². The number of carbonyl (C=O) groups is 3. The maximum absolute atomic E-state index is 12.6. The first-order valence-corrected chi connectivity index (χ1v) is 12.4. The molecule has 0 spiro atoms. The fourth-order valence-electron chi connectivity index (χ4n) is 4.52. The molecule has 2 N–H and O–H groups in total. The lowest BCUT2D eigenvalue weighted by Crippen LogP contribution is -2.41. The largest absolute Gasteiger partial charge is 0.480 e. The maximum atomic E-state index is 12.6. The molecule has 10 heteroatoms. The molecule has 1 aliphatic heterocycles. The summed E-state index contributed by atoms with van der Waals surface area (Å²) in [5.74, 6) is -0.743. The van der Waals surface area contributed by atoms with Gasteiger partial charge in [-0.1, -0.05) is 48.5 Å². The molecule has 35 heavy (non-hydrogen) atoms. The smallest absolute Gasteiger partial charge is 0.407 e. The van der Waals surface area contributed by atoms with Crippen molar-refractivity contribution in [1.82, 2.24) is 19.8 Å². The van der Waals surface area contributed by atoms with Gasteiger partial charge in [0.15, 0.2) is 0 Å². The van der Waals surface area contributed by atoms with E-state index in [1.54, 1.807) is 10.8 Å². The zero-order chi connectivity index (χ0) is 24.4. The highest BCUT2D eigenvalue weighted by Crippen LogP contribution is 2.44. The molecule has 180 valence electrons. The van der Waals surface area contributed by atoms with Gasteiger partial charge in [0.2, 0.25) is 0 Å². The Hall–Kier alpha value is -3.79. The third kappa shape index (κ3) is 4.61. The first kappa shape index (κ1) is 23.0. The van der Waals surface area contributed by atoms with Crippen LogP contribution in [0.3, 0.4) is 0 Å². The topological polar surface area (TPSA) is 114 Å². The number of hydrogen-bond acceptors (Lipinski definition) is 6. The van der Waals surface area contributed by atoms with Gasteiger partial charge in [0, 0.05) is 31.0 Å². The fourth-order valence-corrected chi connectivity index (χ4v) is 5.67. The molecule has 2 aliphatic rings. The third-order valence-electron chi connectivity index (χ3n) is 6.26. The van der Waals surface area contributed by atoms with Gasteiger partial charge >= 0.3 is 12.1 Å². The van der Waals surface area contributed by atoms with Crippen molar-refractivity contribution in [1.29, 1.82) is 0 Å². The molecule has 1 saturated heterocycles. The Bertz CT molecular complexity index is 1230. The van der Waals surface area contributed by atoms with Crippen LogP contribution in [0.25, 0.3) is 11.1 Å². The van der Waals surface area contributed by atoms with E-state index in [0.717, 1.165) is 11.1 Å². The summed E-state index contributed by atoms with van der Waals surface area (Å²) in [6, 6.07) is 15.5. The maximum Gasteiger partial charge on any atom is 0.407 e. The van der Waals surface area contributed by atoms with Crippen LogP contribution < -0.4 is 5.32 Å². The number of ether oxygens (including phenoxy) is 1. The van der Waals surface area contributed by atoms with Crippen LogP contribution >= 0.6 is 11.8 Å². The number of nitrogens with zero attached hydrogens (tertiary/aromatic N) is 3. The molecular weight excluding hydrogens is 468 g/mol. The minimum absolute atomic E-state index is 0.00579. The van der Waals surface area contributed by atoms with Crippen molar-refractivity contribution in [3.63, 3.8) is 0 Å². The van der Waals surface area contributed by atoms with Crippen LogP contribution in [0.1, 0.15) is 27.5 Å². The van der Waals surface area contributed by atoms with E-state index in [-0.39, 0.29) is 24.8 Å². The van der Waals surface area contributed by atoms with E-state index in [4.69, 9.17) is 4.74 Å². The van der Waals surface area contributed by atoms with Crippen molar-refractivity contribution in [3.8, 4) is 11.1 Å². The number of carboxylic acids is 1. The van der Waals surface area contributed by atoms with Gasteiger partial charge in [-0.05, 0) is 22.3 Å². The second-order valence-electron chi connectivity index (χ2n) is 8.38. The second kappa shape index (κ2) is 9.83. The Morgan fingerprint density at radius 2 is 1.77 bits per heavy atom. The Morgan fingerprint density at radius 1 is 1.09 bits per heavy atom. The van der Waals surface area contributed by atoms with E-state index >= 15 is 0 Å². The van der Waals surface area contributed by atoms with E-state index < -0.39 is 24.0 Å². The molecular formula is C25H24N4O5S.